The maximum Gasteiger partial charge on any atom is 0.270 e. The third-order valence-electron chi connectivity index (χ3n) is 3.84. The first-order chi connectivity index (χ1) is 10.6. The summed E-state index contributed by atoms with van der Waals surface area (Å²) in [5.74, 6) is 1.55. The molecule has 1 N–H and O–H groups in total. The van der Waals surface area contributed by atoms with Gasteiger partial charge in [0.1, 0.15) is 11.5 Å². The van der Waals surface area contributed by atoms with Crippen LogP contribution in [-0.4, -0.2) is 35.5 Å². The van der Waals surface area contributed by atoms with Crippen LogP contribution in [0.3, 0.4) is 0 Å². The van der Waals surface area contributed by atoms with Gasteiger partial charge in [0.25, 0.3) is 5.69 Å². The Labute approximate surface area is 128 Å². The van der Waals surface area contributed by atoms with Crippen LogP contribution in [0.4, 0.5) is 5.69 Å². The zero-order valence-electron chi connectivity index (χ0n) is 12.5. The molecule has 0 saturated carbocycles. The summed E-state index contributed by atoms with van der Waals surface area (Å²) in [5.41, 5.74) is 0.806. The predicted octanol–water partition coefficient (Wildman–Crippen LogP) is 2.65. The number of rotatable bonds is 4. The molecule has 1 aliphatic heterocycles. The van der Waals surface area contributed by atoms with E-state index in [9.17, 15) is 10.1 Å². The van der Waals surface area contributed by atoms with E-state index < -0.39 is 4.92 Å². The van der Waals surface area contributed by atoms with Crippen molar-refractivity contribution in [2.24, 2.45) is 0 Å². The SMILES string of the molecule is C[C@@H]1CN(Cc2ccc(-c3cccc([N+](=O)[O-])c3)o2)CCN1. The normalized spacial score (nSPS) is 19.2. The van der Waals surface area contributed by atoms with Gasteiger partial charge in [0, 0.05) is 43.4 Å². The molecule has 0 bridgehead atoms. The standard InChI is InChI=1S/C16H19N3O3/c1-12-10-18(8-7-17-12)11-15-5-6-16(22-15)13-3-2-4-14(9-13)19(20)21/h2-6,9,12,17H,7-8,10-11H2,1H3/t12-/m1/s1. The van der Waals surface area contributed by atoms with Crippen molar-refractivity contribution in [3.8, 4) is 11.3 Å². The van der Waals surface area contributed by atoms with E-state index in [0.29, 0.717) is 11.8 Å². The van der Waals surface area contributed by atoms with Crippen LogP contribution in [0.5, 0.6) is 0 Å². The number of nitro groups is 1. The molecule has 1 atom stereocenters. The molecule has 0 aliphatic carbocycles. The third kappa shape index (κ3) is 3.35. The van der Waals surface area contributed by atoms with E-state index >= 15 is 0 Å². The molecule has 1 aliphatic rings. The summed E-state index contributed by atoms with van der Waals surface area (Å²) in [7, 11) is 0. The number of non-ortho nitro benzene ring substituents is 1. The summed E-state index contributed by atoms with van der Waals surface area (Å²) in [6, 6.07) is 10.8. The molecule has 6 nitrogen and oxygen atoms in total. The molecule has 0 radical (unpaired) electrons. The minimum absolute atomic E-state index is 0.0754. The third-order valence-corrected chi connectivity index (χ3v) is 3.84. The van der Waals surface area contributed by atoms with Gasteiger partial charge in [0.05, 0.1) is 11.5 Å². The molecular formula is C16H19N3O3. The lowest BCUT2D eigenvalue weighted by molar-refractivity contribution is -0.384. The Morgan fingerprint density at radius 1 is 1.41 bits per heavy atom. The van der Waals surface area contributed by atoms with E-state index in [-0.39, 0.29) is 5.69 Å². The fourth-order valence-electron chi connectivity index (χ4n) is 2.77. The van der Waals surface area contributed by atoms with Gasteiger partial charge in [0.15, 0.2) is 0 Å². The van der Waals surface area contributed by atoms with Gasteiger partial charge in [-0.05, 0) is 19.1 Å². The summed E-state index contributed by atoms with van der Waals surface area (Å²) >= 11 is 0. The number of hydrogen-bond acceptors (Lipinski definition) is 5. The number of nitro benzene ring substituents is 1. The van der Waals surface area contributed by atoms with E-state index in [4.69, 9.17) is 4.42 Å². The zero-order chi connectivity index (χ0) is 15.5. The average Bonchev–Trinajstić information content (AvgIpc) is 2.96. The topological polar surface area (TPSA) is 71.5 Å². The van der Waals surface area contributed by atoms with Crippen LogP contribution in [0, 0.1) is 10.1 Å². The molecule has 22 heavy (non-hydrogen) atoms. The second-order valence-electron chi connectivity index (χ2n) is 5.66. The molecule has 6 heteroatoms. The first kappa shape index (κ1) is 14.7. The Hall–Kier alpha value is -2.18. The lowest BCUT2D eigenvalue weighted by atomic mass is 10.1. The van der Waals surface area contributed by atoms with Gasteiger partial charge < -0.3 is 9.73 Å². The number of piperazine rings is 1. The summed E-state index contributed by atoms with van der Waals surface area (Å²) < 4.78 is 5.86. The Balaban J connectivity index is 1.73. The second kappa shape index (κ2) is 6.29. The Bertz CT molecular complexity index is 668. The molecule has 0 amide bonds. The fourth-order valence-corrected chi connectivity index (χ4v) is 2.77. The lowest BCUT2D eigenvalue weighted by Crippen LogP contribution is -2.48. The smallest absolute Gasteiger partial charge is 0.270 e. The number of benzene rings is 1. The Kier molecular flexibility index (Phi) is 4.22. The van der Waals surface area contributed by atoms with Gasteiger partial charge in [-0.1, -0.05) is 12.1 Å². The molecular weight excluding hydrogens is 282 g/mol. The van der Waals surface area contributed by atoms with Crippen molar-refractivity contribution in [3.05, 3.63) is 52.3 Å². The summed E-state index contributed by atoms with van der Waals surface area (Å²) in [5, 5.41) is 14.3. The van der Waals surface area contributed by atoms with Gasteiger partial charge in [-0.2, -0.15) is 0 Å². The largest absolute Gasteiger partial charge is 0.460 e. The van der Waals surface area contributed by atoms with E-state index in [1.165, 1.54) is 12.1 Å². The number of nitrogens with one attached hydrogen (secondary N) is 1. The monoisotopic (exact) mass is 301 g/mol. The minimum Gasteiger partial charge on any atom is -0.460 e. The van der Waals surface area contributed by atoms with Crippen LogP contribution in [0.15, 0.2) is 40.8 Å². The van der Waals surface area contributed by atoms with Crippen LogP contribution >= 0.6 is 0 Å². The maximum atomic E-state index is 10.8. The molecule has 0 unspecified atom stereocenters. The van der Waals surface area contributed by atoms with Crippen molar-refractivity contribution in [1.82, 2.24) is 10.2 Å². The zero-order valence-corrected chi connectivity index (χ0v) is 12.5. The summed E-state index contributed by atoms with van der Waals surface area (Å²) in [6.07, 6.45) is 0. The number of nitrogens with zero attached hydrogens (tertiary/aromatic N) is 2. The van der Waals surface area contributed by atoms with Crippen LogP contribution in [0.25, 0.3) is 11.3 Å². The van der Waals surface area contributed by atoms with Gasteiger partial charge in [-0.3, -0.25) is 15.0 Å². The first-order valence-electron chi connectivity index (χ1n) is 7.41. The van der Waals surface area contributed by atoms with Crippen LogP contribution in [-0.2, 0) is 6.54 Å². The van der Waals surface area contributed by atoms with Gasteiger partial charge in [-0.15, -0.1) is 0 Å². The molecule has 1 aromatic carbocycles. The van der Waals surface area contributed by atoms with Crippen LogP contribution in [0.1, 0.15) is 12.7 Å². The molecule has 116 valence electrons. The molecule has 3 rings (SSSR count). The summed E-state index contributed by atoms with van der Waals surface area (Å²) in [6.45, 7) is 5.91. The lowest BCUT2D eigenvalue weighted by Gasteiger charge is -2.31. The number of hydrogen-bond donors (Lipinski definition) is 1. The average molecular weight is 301 g/mol. The quantitative estimate of drug-likeness (QED) is 0.694. The van der Waals surface area contributed by atoms with Crippen molar-refractivity contribution < 1.29 is 9.34 Å². The van der Waals surface area contributed by atoms with Crippen molar-refractivity contribution in [2.45, 2.75) is 19.5 Å². The summed E-state index contributed by atoms with van der Waals surface area (Å²) in [4.78, 5) is 12.8. The fraction of sp³-hybridized carbons (Fsp3) is 0.375. The molecule has 0 spiro atoms. The molecule has 2 aromatic rings. The second-order valence-corrected chi connectivity index (χ2v) is 5.66. The van der Waals surface area contributed by atoms with E-state index in [1.54, 1.807) is 6.07 Å². The minimum atomic E-state index is -0.393. The Morgan fingerprint density at radius 3 is 3.05 bits per heavy atom. The molecule has 1 fully saturated rings. The number of furan rings is 1. The van der Waals surface area contributed by atoms with Crippen molar-refractivity contribution in [3.63, 3.8) is 0 Å². The van der Waals surface area contributed by atoms with Gasteiger partial charge >= 0.3 is 0 Å². The highest BCUT2D eigenvalue weighted by Crippen LogP contribution is 2.26. The molecule has 1 saturated heterocycles. The maximum absolute atomic E-state index is 10.8. The highest BCUT2D eigenvalue weighted by molar-refractivity contribution is 5.61. The first-order valence-corrected chi connectivity index (χ1v) is 7.41. The highest BCUT2D eigenvalue weighted by Gasteiger charge is 2.17. The Morgan fingerprint density at radius 2 is 2.27 bits per heavy atom. The van der Waals surface area contributed by atoms with Crippen LogP contribution in [0.2, 0.25) is 0 Å². The van der Waals surface area contributed by atoms with Crippen molar-refractivity contribution in [2.75, 3.05) is 19.6 Å². The van der Waals surface area contributed by atoms with E-state index in [1.807, 2.05) is 18.2 Å². The van der Waals surface area contributed by atoms with Gasteiger partial charge in [0.2, 0.25) is 0 Å². The van der Waals surface area contributed by atoms with Gasteiger partial charge in [-0.25, -0.2) is 0 Å². The van der Waals surface area contributed by atoms with Crippen LogP contribution < -0.4 is 5.32 Å². The van der Waals surface area contributed by atoms with Crippen molar-refractivity contribution in [1.29, 1.82) is 0 Å². The highest BCUT2D eigenvalue weighted by atomic mass is 16.6. The molecule has 2 heterocycles. The van der Waals surface area contributed by atoms with E-state index in [0.717, 1.165) is 37.5 Å². The van der Waals surface area contributed by atoms with E-state index in [2.05, 4.69) is 17.1 Å². The predicted molar refractivity (Wildman–Crippen MR) is 83.5 cm³/mol. The molecule has 1 aromatic heterocycles. The van der Waals surface area contributed by atoms with Crippen molar-refractivity contribution >= 4 is 5.69 Å².